The Morgan fingerprint density at radius 2 is 1.42 bits per heavy atom. The number of hydrogen-bond acceptors (Lipinski definition) is 8. The van der Waals surface area contributed by atoms with Gasteiger partial charge in [-0.1, -0.05) is 43.7 Å². The fourth-order valence-electron chi connectivity index (χ4n) is 5.68. The minimum absolute atomic E-state index is 0.215. The van der Waals surface area contributed by atoms with Gasteiger partial charge in [0.1, 0.15) is 24.2 Å². The van der Waals surface area contributed by atoms with Crippen LogP contribution in [0.4, 0.5) is 0 Å². The topological polar surface area (TPSA) is 83.5 Å². The summed E-state index contributed by atoms with van der Waals surface area (Å²) in [7, 11) is 0. The average molecular weight is 586 g/mol. The second kappa shape index (κ2) is 14.2. The van der Waals surface area contributed by atoms with E-state index in [2.05, 4.69) is 17.9 Å². The molecule has 2 heterocycles. The van der Waals surface area contributed by atoms with Gasteiger partial charge < -0.3 is 23.7 Å². The predicted molar refractivity (Wildman–Crippen MR) is 164 cm³/mol. The van der Waals surface area contributed by atoms with E-state index in [1.54, 1.807) is 12.1 Å². The Morgan fingerprint density at radius 1 is 0.791 bits per heavy atom. The number of carbonyl (C=O) groups is 2. The van der Waals surface area contributed by atoms with Gasteiger partial charge in [0.2, 0.25) is 6.79 Å². The van der Waals surface area contributed by atoms with Crippen molar-refractivity contribution in [2.75, 3.05) is 33.0 Å². The van der Waals surface area contributed by atoms with E-state index >= 15 is 0 Å². The van der Waals surface area contributed by atoms with Crippen molar-refractivity contribution in [3.8, 4) is 23.0 Å². The molecule has 0 aliphatic carbocycles. The van der Waals surface area contributed by atoms with Crippen LogP contribution in [0.2, 0.25) is 0 Å². The zero-order valence-corrected chi connectivity index (χ0v) is 25.1. The van der Waals surface area contributed by atoms with Crippen LogP contribution in [0.3, 0.4) is 0 Å². The van der Waals surface area contributed by atoms with Gasteiger partial charge in [-0.15, -0.1) is 0 Å². The molecule has 5 rings (SSSR count). The number of benzene rings is 3. The summed E-state index contributed by atoms with van der Waals surface area (Å²) in [5.74, 6) is 1.99. The zero-order valence-electron chi connectivity index (χ0n) is 25.1. The van der Waals surface area contributed by atoms with Crippen LogP contribution in [0.25, 0.3) is 11.1 Å². The fourth-order valence-corrected chi connectivity index (χ4v) is 5.68. The van der Waals surface area contributed by atoms with E-state index < -0.39 is 0 Å². The molecule has 0 radical (unpaired) electrons. The fraction of sp³-hybridized carbons (Fsp3) is 0.371. The number of fused-ring (bicyclic) bond motifs is 1. The minimum atomic E-state index is -0.361. The Kier molecular flexibility index (Phi) is 10.00. The number of carbonyl (C=O) groups excluding carboxylic acids is 2. The molecule has 0 aromatic heterocycles. The van der Waals surface area contributed by atoms with E-state index in [0.29, 0.717) is 18.0 Å². The number of nitrogens with zero attached hydrogens (tertiary/aromatic N) is 1. The molecule has 43 heavy (non-hydrogen) atoms. The van der Waals surface area contributed by atoms with Gasteiger partial charge in [0.15, 0.2) is 11.5 Å². The van der Waals surface area contributed by atoms with Crippen molar-refractivity contribution in [3.63, 3.8) is 0 Å². The number of rotatable bonds is 11. The highest BCUT2D eigenvalue weighted by Gasteiger charge is 2.21. The molecule has 0 N–H and O–H groups in total. The van der Waals surface area contributed by atoms with Crippen LogP contribution < -0.4 is 18.9 Å². The van der Waals surface area contributed by atoms with Crippen molar-refractivity contribution in [3.05, 3.63) is 83.4 Å². The van der Waals surface area contributed by atoms with Gasteiger partial charge in [-0.3, -0.25) is 14.5 Å². The van der Waals surface area contributed by atoms with Crippen molar-refractivity contribution in [1.29, 1.82) is 0 Å². The molecule has 3 aromatic carbocycles. The Morgan fingerprint density at radius 3 is 2.05 bits per heavy atom. The Labute approximate surface area is 253 Å². The third kappa shape index (κ3) is 7.96. The van der Waals surface area contributed by atoms with E-state index in [-0.39, 0.29) is 31.4 Å². The summed E-state index contributed by atoms with van der Waals surface area (Å²) in [4.78, 5) is 25.6. The molecule has 1 fully saturated rings. The van der Waals surface area contributed by atoms with Gasteiger partial charge in [-0.25, -0.2) is 0 Å². The Bertz CT molecular complexity index is 1440. The molecule has 0 amide bonds. The Balaban J connectivity index is 1.42. The lowest BCUT2D eigenvalue weighted by Crippen LogP contribution is -2.40. The van der Waals surface area contributed by atoms with Crippen LogP contribution in [0.1, 0.15) is 63.1 Å². The quantitative estimate of drug-likeness (QED) is 0.143. The molecule has 8 heteroatoms. The summed E-state index contributed by atoms with van der Waals surface area (Å²) in [6.07, 6.45) is 4.02. The first kappa shape index (κ1) is 30.2. The predicted octanol–water partition coefficient (Wildman–Crippen LogP) is 6.51. The van der Waals surface area contributed by atoms with E-state index in [1.165, 1.54) is 33.1 Å². The third-order valence-electron chi connectivity index (χ3n) is 7.60. The maximum absolute atomic E-state index is 11.8. The molecule has 1 unspecified atom stereocenters. The molecule has 1 saturated heterocycles. The monoisotopic (exact) mass is 585 g/mol. The molecule has 1 atom stereocenters. The lowest BCUT2D eigenvalue weighted by atomic mass is 9.88. The van der Waals surface area contributed by atoms with Crippen molar-refractivity contribution in [2.45, 2.75) is 52.6 Å². The molecule has 2 aliphatic rings. The second-order valence-electron chi connectivity index (χ2n) is 10.8. The average Bonchev–Trinajstić information content (AvgIpc) is 3.48. The van der Waals surface area contributed by atoms with Crippen LogP contribution in [0, 0.1) is 0 Å². The molecule has 2 aliphatic heterocycles. The van der Waals surface area contributed by atoms with E-state index in [9.17, 15) is 9.59 Å². The lowest BCUT2D eigenvalue weighted by Gasteiger charge is -2.30. The first-order chi connectivity index (χ1) is 20.9. The summed E-state index contributed by atoms with van der Waals surface area (Å²) < 4.78 is 28.2. The van der Waals surface area contributed by atoms with Crippen molar-refractivity contribution in [1.82, 2.24) is 4.90 Å². The number of piperidine rings is 1. The largest absolute Gasteiger partial charge is 0.490 e. The number of likely N-dealkylation sites (tertiary alicyclic amines) is 1. The smallest absolute Gasteiger partial charge is 0.308 e. The van der Waals surface area contributed by atoms with Crippen LogP contribution >= 0.6 is 0 Å². The molecule has 226 valence electrons. The first-order valence-electron chi connectivity index (χ1n) is 14.9. The Hall–Kier alpha value is -4.30. The third-order valence-corrected chi connectivity index (χ3v) is 7.60. The number of ether oxygens (including phenoxy) is 5. The normalized spacial score (nSPS) is 15.8. The number of hydrogen-bond donors (Lipinski definition) is 0. The van der Waals surface area contributed by atoms with Gasteiger partial charge in [0, 0.05) is 20.4 Å². The first-order valence-corrected chi connectivity index (χ1v) is 14.9. The van der Waals surface area contributed by atoms with Crippen molar-refractivity contribution >= 4 is 23.1 Å². The SMILES string of the molecule is CC/C(=C(/c1ccc(OCC(CN2CCCCC2)OC(C)=O)cc1)c1ccc(OC(C)=O)cc1)c1ccc2c(c1)OCO2. The summed E-state index contributed by atoms with van der Waals surface area (Å²) in [6.45, 7) is 8.17. The van der Waals surface area contributed by atoms with E-state index in [1.807, 2.05) is 48.5 Å². The zero-order chi connectivity index (χ0) is 30.2. The van der Waals surface area contributed by atoms with Crippen LogP contribution in [0.15, 0.2) is 66.7 Å². The highest BCUT2D eigenvalue weighted by atomic mass is 16.7. The summed E-state index contributed by atoms with van der Waals surface area (Å²) in [5, 5.41) is 0. The van der Waals surface area contributed by atoms with Gasteiger partial charge in [0.05, 0.1) is 0 Å². The van der Waals surface area contributed by atoms with Crippen LogP contribution in [-0.2, 0) is 14.3 Å². The molecule has 0 bridgehead atoms. The van der Waals surface area contributed by atoms with Crippen LogP contribution in [0.5, 0.6) is 23.0 Å². The van der Waals surface area contributed by atoms with Crippen molar-refractivity contribution < 1.29 is 33.3 Å². The summed E-state index contributed by atoms with van der Waals surface area (Å²) in [5.41, 5.74) is 5.20. The van der Waals surface area contributed by atoms with Gasteiger partial charge in [-0.05, 0) is 96.6 Å². The molecular weight excluding hydrogens is 546 g/mol. The van der Waals surface area contributed by atoms with E-state index in [0.717, 1.165) is 58.8 Å². The number of allylic oxidation sites excluding steroid dienone is 1. The molecule has 0 saturated carbocycles. The second-order valence-corrected chi connectivity index (χ2v) is 10.8. The lowest BCUT2D eigenvalue weighted by molar-refractivity contribution is -0.149. The number of esters is 2. The van der Waals surface area contributed by atoms with Gasteiger partial charge in [-0.2, -0.15) is 0 Å². The van der Waals surface area contributed by atoms with Crippen molar-refractivity contribution in [2.24, 2.45) is 0 Å². The van der Waals surface area contributed by atoms with Gasteiger partial charge in [0.25, 0.3) is 0 Å². The van der Waals surface area contributed by atoms with Gasteiger partial charge >= 0.3 is 11.9 Å². The highest BCUT2D eigenvalue weighted by Crippen LogP contribution is 2.40. The maximum Gasteiger partial charge on any atom is 0.308 e. The summed E-state index contributed by atoms with van der Waals surface area (Å²) in [6, 6.07) is 21.5. The molecule has 0 spiro atoms. The molecule has 3 aromatic rings. The molecule has 8 nitrogen and oxygen atoms in total. The highest BCUT2D eigenvalue weighted by molar-refractivity contribution is 5.99. The van der Waals surface area contributed by atoms with E-state index in [4.69, 9.17) is 23.7 Å². The van der Waals surface area contributed by atoms with Crippen LogP contribution in [-0.4, -0.2) is 56.0 Å². The standard InChI is InChI=1S/C35H39NO7/c1-4-32(28-12-17-33-34(20-28)41-23-40-33)35(27-10-15-30(16-11-27)42-24(2)37)26-8-13-29(14-9-26)39-22-31(43-25(3)38)21-36-18-6-5-7-19-36/h8-17,20,31H,4-7,18-19,21-23H2,1-3H3/b35-32+. The summed E-state index contributed by atoms with van der Waals surface area (Å²) >= 11 is 0. The minimum Gasteiger partial charge on any atom is -0.490 e. The maximum atomic E-state index is 11.8. The molecular formula is C35H39NO7.